The number of hydrogen-bond acceptors (Lipinski definition) is 10. The standard InChI is InChI=1S/C21H23ClN6O3S2/c1-3-12-15(29)16(30)19(31-12)28-9-23-14-17(26-20(22)27-18(14)28)24-10(2)8-32-21-25-11-6-4-5-7-13(11)33-21/h4-7,9-10,12,15-16,19,29-30H,3,8H2,1-2H3,(H,24,26,27)/t10-,12+,15+,16+,19+/m1/s1. The molecule has 9 nitrogen and oxygen atoms in total. The van der Waals surface area contributed by atoms with Gasteiger partial charge in [0.05, 0.1) is 22.6 Å². The molecule has 1 saturated heterocycles. The monoisotopic (exact) mass is 506 g/mol. The molecule has 0 amide bonds. The number of ether oxygens (including phenoxy) is 1. The summed E-state index contributed by atoms with van der Waals surface area (Å²) in [5.74, 6) is 1.26. The molecule has 3 aromatic heterocycles. The number of anilines is 1. The highest BCUT2D eigenvalue weighted by atomic mass is 35.5. The summed E-state index contributed by atoms with van der Waals surface area (Å²) < 4.78 is 9.63. The molecule has 5 atom stereocenters. The first-order valence-electron chi connectivity index (χ1n) is 10.6. The molecule has 0 unspecified atom stereocenters. The number of aliphatic hydroxyl groups is 2. The Labute approximate surface area is 203 Å². The fourth-order valence-electron chi connectivity index (χ4n) is 3.86. The number of halogens is 1. The molecule has 1 aliphatic heterocycles. The molecule has 1 fully saturated rings. The molecular formula is C21H23ClN6O3S2. The zero-order chi connectivity index (χ0) is 23.1. The van der Waals surface area contributed by atoms with Gasteiger partial charge in [0, 0.05) is 11.8 Å². The van der Waals surface area contributed by atoms with Crippen molar-refractivity contribution in [2.75, 3.05) is 11.1 Å². The lowest BCUT2D eigenvalue weighted by Gasteiger charge is -2.17. The van der Waals surface area contributed by atoms with Gasteiger partial charge in [-0.2, -0.15) is 9.97 Å². The number of rotatable bonds is 7. The summed E-state index contributed by atoms with van der Waals surface area (Å²) in [7, 11) is 0. The van der Waals surface area contributed by atoms with E-state index in [2.05, 4.69) is 31.3 Å². The van der Waals surface area contributed by atoms with Crippen molar-refractivity contribution in [1.82, 2.24) is 24.5 Å². The Morgan fingerprint density at radius 1 is 1.24 bits per heavy atom. The second-order valence-corrected chi connectivity index (χ2v) is 10.6. The van der Waals surface area contributed by atoms with Crippen LogP contribution in [-0.2, 0) is 4.74 Å². The lowest BCUT2D eigenvalue weighted by atomic mass is 10.1. The topological polar surface area (TPSA) is 118 Å². The molecule has 5 rings (SSSR count). The first-order chi connectivity index (χ1) is 15.9. The minimum atomic E-state index is -1.10. The van der Waals surface area contributed by atoms with Gasteiger partial charge >= 0.3 is 0 Å². The van der Waals surface area contributed by atoms with Gasteiger partial charge in [0.25, 0.3) is 0 Å². The fraction of sp³-hybridized carbons (Fsp3) is 0.429. The molecule has 33 heavy (non-hydrogen) atoms. The van der Waals surface area contributed by atoms with E-state index < -0.39 is 24.5 Å². The molecule has 0 spiro atoms. The third kappa shape index (κ3) is 4.41. The predicted molar refractivity (Wildman–Crippen MR) is 130 cm³/mol. The summed E-state index contributed by atoms with van der Waals surface area (Å²) in [4.78, 5) is 17.7. The fourth-order valence-corrected chi connectivity index (χ4v) is 6.07. The lowest BCUT2D eigenvalue weighted by molar-refractivity contribution is -0.0355. The molecule has 4 heterocycles. The summed E-state index contributed by atoms with van der Waals surface area (Å²) in [6, 6.07) is 8.13. The number of thioether (sulfide) groups is 1. The zero-order valence-electron chi connectivity index (χ0n) is 17.9. The number of para-hydroxylation sites is 1. The number of hydrogen-bond donors (Lipinski definition) is 3. The van der Waals surface area contributed by atoms with Gasteiger partial charge in [0.15, 0.2) is 27.5 Å². The van der Waals surface area contributed by atoms with Gasteiger partial charge < -0.3 is 20.3 Å². The molecular weight excluding hydrogens is 484 g/mol. The predicted octanol–water partition coefficient (Wildman–Crippen LogP) is 3.71. The first kappa shape index (κ1) is 22.8. The number of nitrogens with zero attached hydrogens (tertiary/aromatic N) is 5. The zero-order valence-corrected chi connectivity index (χ0v) is 20.3. The molecule has 0 saturated carbocycles. The molecule has 0 aliphatic carbocycles. The summed E-state index contributed by atoms with van der Waals surface area (Å²) in [6.07, 6.45) is -1.24. The number of imidazole rings is 1. The van der Waals surface area contributed by atoms with E-state index in [1.165, 1.54) is 11.0 Å². The Balaban J connectivity index is 1.34. The van der Waals surface area contributed by atoms with E-state index in [4.69, 9.17) is 16.3 Å². The van der Waals surface area contributed by atoms with Crippen molar-refractivity contribution in [2.45, 2.75) is 55.2 Å². The molecule has 12 heteroatoms. The molecule has 0 radical (unpaired) electrons. The summed E-state index contributed by atoms with van der Waals surface area (Å²) in [5, 5.41) is 24.1. The minimum absolute atomic E-state index is 0.0425. The van der Waals surface area contributed by atoms with Gasteiger partial charge in [0.1, 0.15) is 12.2 Å². The van der Waals surface area contributed by atoms with Crippen LogP contribution in [0.1, 0.15) is 26.5 Å². The largest absolute Gasteiger partial charge is 0.388 e. The highest BCUT2D eigenvalue weighted by Gasteiger charge is 2.43. The summed E-state index contributed by atoms with van der Waals surface area (Å²) >= 11 is 9.56. The Morgan fingerprint density at radius 2 is 2.06 bits per heavy atom. The number of benzene rings is 1. The molecule has 1 aromatic carbocycles. The summed E-state index contributed by atoms with van der Waals surface area (Å²) in [6.45, 7) is 3.94. The van der Waals surface area contributed by atoms with Crippen LogP contribution in [-0.4, -0.2) is 64.8 Å². The number of fused-ring (bicyclic) bond motifs is 2. The van der Waals surface area contributed by atoms with E-state index in [-0.39, 0.29) is 11.3 Å². The van der Waals surface area contributed by atoms with Crippen molar-refractivity contribution < 1.29 is 14.9 Å². The molecule has 0 bridgehead atoms. The smallest absolute Gasteiger partial charge is 0.226 e. The maximum Gasteiger partial charge on any atom is 0.226 e. The average molecular weight is 507 g/mol. The van der Waals surface area contributed by atoms with Crippen molar-refractivity contribution in [3.8, 4) is 0 Å². The van der Waals surface area contributed by atoms with E-state index in [9.17, 15) is 10.2 Å². The van der Waals surface area contributed by atoms with E-state index >= 15 is 0 Å². The van der Waals surface area contributed by atoms with Gasteiger partial charge in [-0.05, 0) is 37.1 Å². The number of thiazole rings is 1. The van der Waals surface area contributed by atoms with Gasteiger partial charge in [-0.25, -0.2) is 9.97 Å². The van der Waals surface area contributed by atoms with Gasteiger partial charge in [0.2, 0.25) is 5.28 Å². The Hall–Kier alpha value is -2.02. The first-order valence-corrected chi connectivity index (χ1v) is 12.8. The molecule has 4 aromatic rings. The van der Waals surface area contributed by atoms with Crippen molar-refractivity contribution in [3.05, 3.63) is 35.9 Å². The molecule has 174 valence electrons. The van der Waals surface area contributed by atoms with Gasteiger partial charge in [-0.1, -0.05) is 30.8 Å². The van der Waals surface area contributed by atoms with E-state index in [0.717, 1.165) is 15.6 Å². The van der Waals surface area contributed by atoms with E-state index in [0.29, 0.717) is 23.4 Å². The Kier molecular flexibility index (Phi) is 6.43. The van der Waals surface area contributed by atoms with Crippen LogP contribution in [0.25, 0.3) is 21.4 Å². The average Bonchev–Trinajstić information content (AvgIpc) is 3.48. The second kappa shape index (κ2) is 9.32. The highest BCUT2D eigenvalue weighted by Crippen LogP contribution is 2.34. The summed E-state index contributed by atoms with van der Waals surface area (Å²) in [5.41, 5.74) is 1.95. The van der Waals surface area contributed by atoms with Crippen LogP contribution in [0.15, 0.2) is 34.9 Å². The molecule has 3 N–H and O–H groups in total. The third-order valence-corrected chi connectivity index (χ3v) is 8.13. The van der Waals surface area contributed by atoms with Crippen molar-refractivity contribution in [1.29, 1.82) is 0 Å². The minimum Gasteiger partial charge on any atom is -0.388 e. The van der Waals surface area contributed by atoms with Crippen LogP contribution in [0.4, 0.5) is 5.82 Å². The van der Waals surface area contributed by atoms with Crippen LogP contribution in [0.5, 0.6) is 0 Å². The van der Waals surface area contributed by atoms with Gasteiger partial charge in [-0.15, -0.1) is 11.3 Å². The normalized spacial score (nSPS) is 24.0. The maximum absolute atomic E-state index is 10.5. The highest BCUT2D eigenvalue weighted by molar-refractivity contribution is 8.01. The SMILES string of the molecule is CC[C@@H]1O[C@H](n2cnc3c(N[C@H](C)CSc4nc5ccccc5s4)nc(Cl)nc32)[C@@H](O)[C@H]1O. The van der Waals surface area contributed by atoms with Gasteiger partial charge in [-0.3, -0.25) is 4.57 Å². The lowest BCUT2D eigenvalue weighted by Crippen LogP contribution is -2.31. The second-order valence-electron chi connectivity index (χ2n) is 7.92. The maximum atomic E-state index is 10.5. The van der Waals surface area contributed by atoms with Crippen molar-refractivity contribution >= 4 is 61.9 Å². The van der Waals surface area contributed by atoms with Crippen LogP contribution in [0.3, 0.4) is 0 Å². The van der Waals surface area contributed by atoms with E-state index in [1.54, 1.807) is 27.7 Å². The van der Waals surface area contributed by atoms with Crippen LogP contribution >= 0.6 is 34.7 Å². The van der Waals surface area contributed by atoms with Crippen LogP contribution in [0.2, 0.25) is 5.28 Å². The van der Waals surface area contributed by atoms with Crippen molar-refractivity contribution in [3.63, 3.8) is 0 Å². The van der Waals surface area contributed by atoms with Crippen molar-refractivity contribution in [2.24, 2.45) is 0 Å². The quantitative estimate of drug-likeness (QED) is 0.254. The molecule has 1 aliphatic rings. The Bertz CT molecular complexity index is 1250. The Morgan fingerprint density at radius 3 is 2.82 bits per heavy atom. The van der Waals surface area contributed by atoms with Crippen LogP contribution in [0, 0.1) is 0 Å². The number of aromatic nitrogens is 5. The number of aliphatic hydroxyl groups excluding tert-OH is 2. The van der Waals surface area contributed by atoms with Crippen LogP contribution < -0.4 is 5.32 Å². The van der Waals surface area contributed by atoms with E-state index in [1.807, 2.05) is 32.0 Å². The number of nitrogens with one attached hydrogen (secondary N) is 1. The third-order valence-electron chi connectivity index (χ3n) is 5.52.